The van der Waals surface area contributed by atoms with Crippen LogP contribution in [0.2, 0.25) is 5.02 Å². The fraction of sp³-hybridized carbons (Fsp3) is 0.125. The summed E-state index contributed by atoms with van der Waals surface area (Å²) in [6, 6.07) is 14.8. The van der Waals surface area contributed by atoms with Crippen LogP contribution in [0.3, 0.4) is 0 Å². The first kappa shape index (κ1) is 12.0. The fourth-order valence-electron chi connectivity index (χ4n) is 2.56. The Labute approximate surface area is 120 Å². The molecule has 90 valence electrons. The van der Waals surface area contributed by atoms with Gasteiger partial charge in [0.05, 0.1) is 0 Å². The lowest BCUT2D eigenvalue weighted by Gasteiger charge is -2.10. The van der Waals surface area contributed by atoms with Crippen molar-refractivity contribution in [3.8, 4) is 0 Å². The Bertz CT molecular complexity index is 629. The van der Waals surface area contributed by atoms with Crippen LogP contribution in [0.15, 0.2) is 47.4 Å². The maximum atomic E-state index is 6.10. The number of fused-ring (bicyclic) bond motifs is 2. The van der Waals surface area contributed by atoms with Crippen molar-refractivity contribution < 1.29 is 0 Å². The van der Waals surface area contributed by atoms with Gasteiger partial charge in [0.25, 0.3) is 0 Å². The Balaban J connectivity index is 2.25. The van der Waals surface area contributed by atoms with Crippen molar-refractivity contribution in [2.24, 2.45) is 0 Å². The summed E-state index contributed by atoms with van der Waals surface area (Å²) in [6.07, 6.45) is 2.10. The zero-order chi connectivity index (χ0) is 12.5. The molecule has 0 saturated heterocycles. The molecule has 0 aromatic heterocycles. The van der Waals surface area contributed by atoms with Crippen LogP contribution >= 0.6 is 27.5 Å². The molecule has 0 heterocycles. The summed E-state index contributed by atoms with van der Waals surface area (Å²) < 4.78 is 0. The Morgan fingerprint density at radius 2 is 1.67 bits per heavy atom. The Kier molecular flexibility index (Phi) is 3.27. The molecule has 18 heavy (non-hydrogen) atoms. The van der Waals surface area contributed by atoms with E-state index in [4.69, 9.17) is 11.6 Å². The van der Waals surface area contributed by atoms with Crippen molar-refractivity contribution in [1.82, 2.24) is 0 Å². The zero-order valence-corrected chi connectivity index (χ0v) is 12.1. The van der Waals surface area contributed by atoms with Crippen LogP contribution in [0.4, 0.5) is 0 Å². The number of aryl methyl sites for hydroxylation is 2. The van der Waals surface area contributed by atoms with Gasteiger partial charge < -0.3 is 0 Å². The van der Waals surface area contributed by atoms with Crippen LogP contribution in [-0.4, -0.2) is 0 Å². The maximum Gasteiger partial charge on any atom is 0.0409 e. The quantitative estimate of drug-likeness (QED) is 0.624. The van der Waals surface area contributed by atoms with Gasteiger partial charge in [-0.25, -0.2) is 0 Å². The highest BCUT2D eigenvalue weighted by atomic mass is 79.9. The predicted molar refractivity (Wildman–Crippen MR) is 81.3 cm³/mol. The van der Waals surface area contributed by atoms with Crippen molar-refractivity contribution in [2.45, 2.75) is 12.8 Å². The van der Waals surface area contributed by atoms with E-state index in [9.17, 15) is 0 Å². The molecule has 3 rings (SSSR count). The van der Waals surface area contributed by atoms with Gasteiger partial charge in [-0.05, 0) is 57.8 Å². The molecule has 0 N–H and O–H groups in total. The molecule has 1 aliphatic rings. The van der Waals surface area contributed by atoms with E-state index in [1.54, 1.807) is 0 Å². The first-order valence-electron chi connectivity index (χ1n) is 5.97. The van der Waals surface area contributed by atoms with Crippen molar-refractivity contribution >= 4 is 33.1 Å². The Hall–Kier alpha value is -1.05. The molecular weight excluding hydrogens is 308 g/mol. The molecule has 0 spiro atoms. The molecule has 0 aliphatic heterocycles. The fourth-order valence-corrected chi connectivity index (χ4v) is 3.25. The normalized spacial score (nSPS) is 16.0. The molecule has 0 saturated carbocycles. The molecule has 0 radical (unpaired) electrons. The topological polar surface area (TPSA) is 0 Å². The highest BCUT2D eigenvalue weighted by Crippen LogP contribution is 2.35. The molecular formula is C16H12BrCl. The van der Waals surface area contributed by atoms with E-state index in [2.05, 4.69) is 52.3 Å². The standard InChI is InChI=1S/C16H12BrCl/c17-10-16-14-4-2-1-3-11(14)5-6-12-9-13(18)7-8-15(12)16/h1-4,7-10H,5-6H2/b16-10+. The maximum absolute atomic E-state index is 6.10. The third-order valence-electron chi connectivity index (χ3n) is 3.44. The zero-order valence-electron chi connectivity index (χ0n) is 9.79. The number of halogens is 2. The van der Waals surface area contributed by atoms with Gasteiger partial charge in [0.15, 0.2) is 0 Å². The van der Waals surface area contributed by atoms with Gasteiger partial charge >= 0.3 is 0 Å². The summed E-state index contributed by atoms with van der Waals surface area (Å²) in [5.74, 6) is 0. The minimum Gasteiger partial charge on any atom is -0.0843 e. The van der Waals surface area contributed by atoms with Crippen molar-refractivity contribution in [3.05, 3.63) is 74.7 Å². The first-order valence-corrected chi connectivity index (χ1v) is 7.26. The molecule has 0 bridgehead atoms. The first-order chi connectivity index (χ1) is 8.79. The van der Waals surface area contributed by atoms with E-state index in [0.29, 0.717) is 0 Å². The van der Waals surface area contributed by atoms with Crippen molar-refractivity contribution in [3.63, 3.8) is 0 Å². The van der Waals surface area contributed by atoms with E-state index < -0.39 is 0 Å². The average Bonchev–Trinajstić information content (AvgIpc) is 2.55. The minimum absolute atomic E-state index is 0.814. The van der Waals surface area contributed by atoms with E-state index in [1.165, 1.54) is 27.8 Å². The van der Waals surface area contributed by atoms with Gasteiger partial charge in [0.1, 0.15) is 0 Å². The summed E-state index contributed by atoms with van der Waals surface area (Å²) in [5, 5.41) is 0.814. The lowest BCUT2D eigenvalue weighted by Crippen LogP contribution is -1.91. The molecule has 0 atom stereocenters. The summed E-state index contributed by atoms with van der Waals surface area (Å²) in [7, 11) is 0. The van der Waals surface area contributed by atoms with Gasteiger partial charge in [-0.2, -0.15) is 0 Å². The van der Waals surface area contributed by atoms with Crippen LogP contribution in [-0.2, 0) is 12.8 Å². The SMILES string of the molecule is Clc1ccc2c(c1)CCc1ccccc1/C2=C\Br. The van der Waals surface area contributed by atoms with Gasteiger partial charge in [0, 0.05) is 5.02 Å². The Morgan fingerprint density at radius 3 is 2.50 bits per heavy atom. The molecule has 0 nitrogen and oxygen atoms in total. The molecule has 0 unspecified atom stereocenters. The van der Waals surface area contributed by atoms with Crippen molar-refractivity contribution in [1.29, 1.82) is 0 Å². The molecule has 2 aromatic carbocycles. The van der Waals surface area contributed by atoms with Gasteiger partial charge in [0.2, 0.25) is 0 Å². The van der Waals surface area contributed by atoms with Crippen molar-refractivity contribution in [2.75, 3.05) is 0 Å². The molecule has 2 heteroatoms. The average molecular weight is 320 g/mol. The van der Waals surface area contributed by atoms with Gasteiger partial charge in [-0.3, -0.25) is 0 Å². The number of hydrogen-bond acceptors (Lipinski definition) is 0. The molecule has 1 aliphatic carbocycles. The van der Waals surface area contributed by atoms with Crippen LogP contribution in [0.25, 0.3) is 5.57 Å². The monoisotopic (exact) mass is 318 g/mol. The molecule has 2 aromatic rings. The van der Waals surface area contributed by atoms with Crippen LogP contribution in [0.5, 0.6) is 0 Å². The second kappa shape index (κ2) is 4.91. The lowest BCUT2D eigenvalue weighted by molar-refractivity contribution is 0.965. The highest BCUT2D eigenvalue weighted by Gasteiger charge is 2.17. The summed E-state index contributed by atoms with van der Waals surface area (Å²) in [6.45, 7) is 0. The second-order valence-corrected chi connectivity index (χ2v) is 5.38. The largest absolute Gasteiger partial charge is 0.0843 e. The number of hydrogen-bond donors (Lipinski definition) is 0. The van der Waals surface area contributed by atoms with E-state index in [-0.39, 0.29) is 0 Å². The summed E-state index contributed by atoms with van der Waals surface area (Å²) in [5.41, 5.74) is 6.56. The minimum atomic E-state index is 0.814. The summed E-state index contributed by atoms with van der Waals surface area (Å²) in [4.78, 5) is 2.02. The van der Waals surface area contributed by atoms with E-state index >= 15 is 0 Å². The molecule has 0 fully saturated rings. The van der Waals surface area contributed by atoms with E-state index in [0.717, 1.165) is 17.9 Å². The van der Waals surface area contributed by atoms with Crippen LogP contribution < -0.4 is 0 Å². The lowest BCUT2D eigenvalue weighted by atomic mass is 9.96. The third-order valence-corrected chi connectivity index (χ3v) is 4.13. The number of benzene rings is 2. The summed E-state index contributed by atoms with van der Waals surface area (Å²) >= 11 is 9.61. The van der Waals surface area contributed by atoms with Crippen LogP contribution in [0.1, 0.15) is 22.3 Å². The Morgan fingerprint density at radius 1 is 0.944 bits per heavy atom. The van der Waals surface area contributed by atoms with Gasteiger partial charge in [-0.1, -0.05) is 57.9 Å². The second-order valence-electron chi connectivity index (χ2n) is 4.48. The van der Waals surface area contributed by atoms with E-state index in [1.807, 2.05) is 11.1 Å². The predicted octanol–water partition coefficient (Wildman–Crippen LogP) is 5.22. The van der Waals surface area contributed by atoms with Crippen LogP contribution in [0, 0.1) is 0 Å². The third kappa shape index (κ3) is 2.02. The smallest absolute Gasteiger partial charge is 0.0409 e. The molecule has 0 amide bonds. The number of rotatable bonds is 0. The van der Waals surface area contributed by atoms with Gasteiger partial charge in [-0.15, -0.1) is 0 Å². The highest BCUT2D eigenvalue weighted by molar-refractivity contribution is 9.11.